The smallest absolute Gasteiger partial charge is 0.320 e. The zero-order chi connectivity index (χ0) is 22.7. The molecule has 6 rings (SSSR count). The van der Waals surface area contributed by atoms with Gasteiger partial charge in [0.2, 0.25) is 5.44 Å². The van der Waals surface area contributed by atoms with Crippen molar-refractivity contribution in [2.75, 3.05) is 19.6 Å². The molecular formula is C24H34N3O4P. The third-order valence-electron chi connectivity index (χ3n) is 8.79. The van der Waals surface area contributed by atoms with Crippen molar-refractivity contribution in [2.45, 2.75) is 58.4 Å². The Balaban J connectivity index is 1.29. The van der Waals surface area contributed by atoms with Crippen molar-refractivity contribution in [3.05, 3.63) is 34.6 Å². The topological polar surface area (TPSA) is 95.7 Å². The molecule has 2 aromatic rings. The van der Waals surface area contributed by atoms with Crippen LogP contribution in [-0.2, 0) is 4.57 Å². The van der Waals surface area contributed by atoms with Crippen molar-refractivity contribution in [3.8, 4) is 0 Å². The van der Waals surface area contributed by atoms with Crippen LogP contribution in [0.1, 0.15) is 58.4 Å². The van der Waals surface area contributed by atoms with E-state index in [9.17, 15) is 19.1 Å². The summed E-state index contributed by atoms with van der Waals surface area (Å²) >= 11 is 0. The molecule has 0 radical (unpaired) electrons. The van der Waals surface area contributed by atoms with Gasteiger partial charge in [-0.1, -0.05) is 26.0 Å². The molecule has 0 unspecified atom stereocenters. The molecule has 2 heterocycles. The van der Waals surface area contributed by atoms with Crippen LogP contribution < -0.4 is 11.0 Å². The number of likely N-dealkylation sites (tertiary alicyclic amines) is 1. The number of rotatable bonds is 5. The number of fused-ring (bicyclic) bond motifs is 3. The van der Waals surface area contributed by atoms with Gasteiger partial charge in [-0.2, -0.15) is 0 Å². The summed E-state index contributed by atoms with van der Waals surface area (Å²) in [5, 5.41) is 0. The molecule has 0 spiro atoms. The van der Waals surface area contributed by atoms with Crippen molar-refractivity contribution in [2.24, 2.45) is 23.2 Å². The number of benzene rings is 1. The second-order valence-corrected chi connectivity index (χ2v) is 12.2. The third kappa shape index (κ3) is 3.77. The van der Waals surface area contributed by atoms with Gasteiger partial charge in [-0.25, -0.2) is 4.98 Å². The molecule has 2 bridgehead atoms. The minimum absolute atomic E-state index is 0.0713. The SMILES string of the molecule is CC1(C)[C@H]2CC[C@@H](CCN3CCC(n4c(=O)c(P(=O)(O)O)nc5ccccc54)CC3)[C@@H]1C2. The van der Waals surface area contributed by atoms with E-state index < -0.39 is 18.6 Å². The molecule has 174 valence electrons. The van der Waals surface area contributed by atoms with Crippen molar-refractivity contribution < 1.29 is 14.4 Å². The van der Waals surface area contributed by atoms with Gasteiger partial charge >= 0.3 is 7.60 Å². The summed E-state index contributed by atoms with van der Waals surface area (Å²) in [6, 6.07) is 7.06. The van der Waals surface area contributed by atoms with Crippen LogP contribution in [-0.4, -0.2) is 43.9 Å². The Labute approximate surface area is 189 Å². The normalized spacial score (nSPS) is 28.6. The summed E-state index contributed by atoms with van der Waals surface area (Å²) < 4.78 is 13.5. The predicted molar refractivity (Wildman–Crippen MR) is 125 cm³/mol. The maximum atomic E-state index is 13.0. The maximum Gasteiger partial charge on any atom is 0.380 e. The summed E-state index contributed by atoms with van der Waals surface area (Å²) in [5.74, 6) is 2.66. The zero-order valence-electron chi connectivity index (χ0n) is 19.0. The second kappa shape index (κ2) is 8.05. The summed E-state index contributed by atoms with van der Waals surface area (Å²) in [6.07, 6.45) is 7.03. The van der Waals surface area contributed by atoms with Crippen LogP contribution in [0.15, 0.2) is 29.1 Å². The number of hydrogen-bond donors (Lipinski definition) is 2. The number of nitrogens with zero attached hydrogens (tertiary/aromatic N) is 3. The molecule has 1 aromatic carbocycles. The molecule has 4 aliphatic rings. The molecule has 1 aliphatic heterocycles. The van der Waals surface area contributed by atoms with Gasteiger partial charge in [0, 0.05) is 19.1 Å². The number of para-hydroxylation sites is 2. The lowest BCUT2D eigenvalue weighted by atomic mass is 9.45. The molecule has 3 saturated carbocycles. The van der Waals surface area contributed by atoms with Crippen molar-refractivity contribution in [1.29, 1.82) is 0 Å². The first-order chi connectivity index (χ1) is 15.2. The van der Waals surface area contributed by atoms with Gasteiger partial charge in [0.25, 0.3) is 5.56 Å². The van der Waals surface area contributed by atoms with E-state index in [0.717, 1.165) is 50.2 Å². The molecule has 8 heteroatoms. The van der Waals surface area contributed by atoms with E-state index in [2.05, 4.69) is 23.7 Å². The van der Waals surface area contributed by atoms with Crippen molar-refractivity contribution in [1.82, 2.24) is 14.5 Å². The molecule has 3 atom stereocenters. The van der Waals surface area contributed by atoms with E-state index in [1.54, 1.807) is 16.7 Å². The van der Waals surface area contributed by atoms with E-state index in [1.165, 1.54) is 25.7 Å². The summed E-state index contributed by atoms with van der Waals surface area (Å²) in [7, 11) is -4.74. The third-order valence-corrected chi connectivity index (χ3v) is 9.64. The fraction of sp³-hybridized carbons (Fsp3) is 0.667. The van der Waals surface area contributed by atoms with Gasteiger partial charge in [0.1, 0.15) is 0 Å². The van der Waals surface area contributed by atoms with Gasteiger partial charge in [0.05, 0.1) is 11.0 Å². The minimum atomic E-state index is -4.74. The Morgan fingerprint density at radius 2 is 1.84 bits per heavy atom. The first kappa shape index (κ1) is 22.3. The van der Waals surface area contributed by atoms with E-state index in [0.29, 0.717) is 16.4 Å². The average molecular weight is 460 g/mol. The molecule has 0 amide bonds. The van der Waals surface area contributed by atoms with Gasteiger partial charge in [-0.3, -0.25) is 9.36 Å². The number of piperidine rings is 1. The summed E-state index contributed by atoms with van der Waals surface area (Å²) in [4.78, 5) is 38.9. The first-order valence-electron chi connectivity index (χ1n) is 12.0. The highest BCUT2D eigenvalue weighted by atomic mass is 31.2. The molecule has 2 N–H and O–H groups in total. The van der Waals surface area contributed by atoms with E-state index >= 15 is 0 Å². The van der Waals surface area contributed by atoms with E-state index in [-0.39, 0.29) is 6.04 Å². The Kier molecular flexibility index (Phi) is 5.60. The average Bonchev–Trinajstić information content (AvgIpc) is 2.77. The molecule has 32 heavy (non-hydrogen) atoms. The quantitative estimate of drug-likeness (QED) is 0.667. The zero-order valence-corrected chi connectivity index (χ0v) is 19.9. The molecule has 4 fully saturated rings. The van der Waals surface area contributed by atoms with Crippen LogP contribution >= 0.6 is 7.60 Å². The summed E-state index contributed by atoms with van der Waals surface area (Å²) in [5.41, 5.74) is 0.330. The summed E-state index contributed by atoms with van der Waals surface area (Å²) in [6.45, 7) is 7.82. The maximum absolute atomic E-state index is 13.0. The fourth-order valence-corrected chi connectivity index (χ4v) is 7.35. The number of hydrogen-bond acceptors (Lipinski definition) is 4. The Hall–Kier alpha value is -1.53. The largest absolute Gasteiger partial charge is 0.380 e. The first-order valence-corrected chi connectivity index (χ1v) is 13.6. The van der Waals surface area contributed by atoms with Crippen LogP contribution in [0.4, 0.5) is 0 Å². The Bertz CT molecular complexity index is 1110. The van der Waals surface area contributed by atoms with E-state index in [4.69, 9.17) is 0 Å². The molecule has 7 nitrogen and oxygen atoms in total. The van der Waals surface area contributed by atoms with Crippen LogP contribution in [0.5, 0.6) is 0 Å². The van der Waals surface area contributed by atoms with Crippen LogP contribution in [0.25, 0.3) is 11.0 Å². The monoisotopic (exact) mass is 459 g/mol. The molecule has 1 saturated heterocycles. The van der Waals surface area contributed by atoms with Gasteiger partial charge in [-0.15, -0.1) is 0 Å². The van der Waals surface area contributed by atoms with Crippen molar-refractivity contribution >= 4 is 24.1 Å². The fourth-order valence-electron chi connectivity index (χ4n) is 6.75. The van der Waals surface area contributed by atoms with Gasteiger partial charge in [0.15, 0.2) is 0 Å². The van der Waals surface area contributed by atoms with Gasteiger partial charge in [-0.05, 0) is 80.4 Å². The van der Waals surface area contributed by atoms with Crippen LogP contribution in [0.2, 0.25) is 0 Å². The molecular weight excluding hydrogens is 425 g/mol. The van der Waals surface area contributed by atoms with Gasteiger partial charge < -0.3 is 19.3 Å². The minimum Gasteiger partial charge on any atom is -0.320 e. The predicted octanol–water partition coefficient (Wildman–Crippen LogP) is 3.30. The standard InChI is InChI=1S/C24H34N3O4P/c1-24(2)17-8-7-16(19(24)15-17)9-12-26-13-10-18(11-14-26)27-21-6-4-3-5-20(21)25-22(23(27)28)32(29,30)31/h3-6,16-19H,7-15H2,1-2H3,(H2,29,30,31)/t16-,17-,19-/m0/s1. The highest BCUT2D eigenvalue weighted by molar-refractivity contribution is 7.59. The highest BCUT2D eigenvalue weighted by Gasteiger charge is 2.53. The lowest BCUT2D eigenvalue weighted by Crippen LogP contribution is -2.52. The molecule has 3 aliphatic carbocycles. The lowest BCUT2D eigenvalue weighted by molar-refractivity contribution is -0.108. The lowest BCUT2D eigenvalue weighted by Gasteiger charge is -2.60. The Morgan fingerprint density at radius 3 is 2.50 bits per heavy atom. The van der Waals surface area contributed by atoms with Crippen LogP contribution in [0.3, 0.4) is 0 Å². The van der Waals surface area contributed by atoms with Crippen molar-refractivity contribution in [3.63, 3.8) is 0 Å². The van der Waals surface area contributed by atoms with Crippen LogP contribution in [0, 0.1) is 23.2 Å². The second-order valence-electron chi connectivity index (χ2n) is 10.7. The molecule has 1 aromatic heterocycles. The highest BCUT2D eigenvalue weighted by Crippen LogP contribution is 2.62. The Morgan fingerprint density at radius 1 is 1.12 bits per heavy atom. The number of aromatic nitrogens is 2. The van der Waals surface area contributed by atoms with E-state index in [1.807, 2.05) is 12.1 Å².